The van der Waals surface area contributed by atoms with E-state index >= 15 is 0 Å². The first-order chi connectivity index (χ1) is 9.88. The average molecular weight is 306 g/mol. The van der Waals surface area contributed by atoms with E-state index in [1.54, 1.807) is 19.1 Å². The molecule has 0 saturated carbocycles. The molecule has 0 aliphatic rings. The Kier molecular flexibility index (Phi) is 3.94. The molecule has 0 amide bonds. The predicted molar refractivity (Wildman–Crippen MR) is 79.0 cm³/mol. The van der Waals surface area contributed by atoms with Gasteiger partial charge < -0.3 is 10.1 Å². The summed E-state index contributed by atoms with van der Waals surface area (Å²) in [5.74, 6) is -0.422. The number of benzene rings is 1. The lowest BCUT2D eigenvalue weighted by Gasteiger charge is -1.99. The molecule has 1 heterocycles. The Hall–Kier alpha value is -2.81. The highest BCUT2D eigenvalue weighted by molar-refractivity contribution is 7.71. The molecular formula is C12H10N4O4S. The number of aryl methyl sites for hydroxylation is 1. The van der Waals surface area contributed by atoms with Gasteiger partial charge in [-0.1, -0.05) is 6.07 Å². The van der Waals surface area contributed by atoms with Crippen molar-refractivity contribution in [1.29, 1.82) is 0 Å². The van der Waals surface area contributed by atoms with Crippen LogP contribution in [0.2, 0.25) is 0 Å². The summed E-state index contributed by atoms with van der Waals surface area (Å²) in [4.78, 5) is 30.5. The molecule has 0 aliphatic heterocycles. The van der Waals surface area contributed by atoms with Crippen LogP contribution in [-0.2, 0) is 0 Å². The molecule has 1 aromatic carbocycles. The number of H-pyrrole nitrogens is 2. The van der Waals surface area contributed by atoms with Gasteiger partial charge in [0.1, 0.15) is 5.56 Å². The Bertz CT molecular complexity index is 853. The minimum absolute atomic E-state index is 0.0133. The maximum absolute atomic E-state index is 11.6. The second kappa shape index (κ2) is 5.67. The molecular weight excluding hydrogens is 296 g/mol. The van der Waals surface area contributed by atoms with Crippen LogP contribution < -0.4 is 5.56 Å². The minimum Gasteiger partial charge on any atom is -0.494 e. The number of nitro benzene ring substituents is 1. The Morgan fingerprint density at radius 2 is 2.14 bits per heavy atom. The van der Waals surface area contributed by atoms with Gasteiger partial charge in [0.25, 0.3) is 11.2 Å². The quantitative estimate of drug-likeness (QED) is 0.346. The molecule has 2 rings (SSSR count). The zero-order chi connectivity index (χ0) is 15.6. The number of hydrogen-bond donors (Lipinski definition) is 3. The van der Waals surface area contributed by atoms with Crippen LogP contribution in [0.15, 0.2) is 28.0 Å². The van der Waals surface area contributed by atoms with Crippen molar-refractivity contribution in [3.8, 4) is 5.88 Å². The van der Waals surface area contributed by atoms with E-state index in [0.717, 1.165) is 6.21 Å². The largest absolute Gasteiger partial charge is 0.494 e. The maximum atomic E-state index is 11.6. The monoisotopic (exact) mass is 306 g/mol. The summed E-state index contributed by atoms with van der Waals surface area (Å²) in [7, 11) is 0. The lowest BCUT2D eigenvalue weighted by molar-refractivity contribution is -0.385. The van der Waals surface area contributed by atoms with Crippen LogP contribution in [0.25, 0.3) is 0 Å². The predicted octanol–water partition coefficient (Wildman–Crippen LogP) is 2.11. The number of nitrogens with zero attached hydrogens (tertiary/aromatic N) is 2. The standard InChI is InChI=1S/C12H10N4O4S/c1-6-2-3-7(4-9(6)16(19)20)13-5-8-10(17)14-12(21)15-11(8)18/h2-5H,1H3,(H3,14,15,17,18,21). The van der Waals surface area contributed by atoms with E-state index in [9.17, 15) is 20.0 Å². The minimum atomic E-state index is -0.610. The molecule has 2 aromatic rings. The van der Waals surface area contributed by atoms with E-state index < -0.39 is 16.4 Å². The molecule has 0 radical (unpaired) electrons. The van der Waals surface area contributed by atoms with Gasteiger partial charge in [-0.25, -0.2) is 0 Å². The molecule has 0 fully saturated rings. The third-order valence-corrected chi connectivity index (χ3v) is 2.90. The van der Waals surface area contributed by atoms with Gasteiger partial charge in [-0.15, -0.1) is 0 Å². The molecule has 21 heavy (non-hydrogen) atoms. The zero-order valence-electron chi connectivity index (χ0n) is 10.8. The number of nitro groups is 1. The van der Waals surface area contributed by atoms with Crippen molar-refractivity contribution in [3.05, 3.63) is 54.6 Å². The van der Waals surface area contributed by atoms with Gasteiger partial charge >= 0.3 is 0 Å². The Labute approximate surface area is 123 Å². The summed E-state index contributed by atoms with van der Waals surface area (Å²) < 4.78 is -0.0133. The molecule has 0 bridgehead atoms. The fraction of sp³-hybridized carbons (Fsp3) is 0.0833. The Balaban J connectivity index is 2.43. The number of aromatic amines is 2. The molecule has 0 saturated heterocycles. The number of aromatic hydroxyl groups is 1. The average Bonchev–Trinajstić information content (AvgIpc) is 2.38. The van der Waals surface area contributed by atoms with E-state index in [4.69, 9.17) is 12.2 Å². The summed E-state index contributed by atoms with van der Waals surface area (Å²) >= 11 is 4.69. The second-order valence-electron chi connectivity index (χ2n) is 4.16. The Morgan fingerprint density at radius 1 is 1.43 bits per heavy atom. The van der Waals surface area contributed by atoms with Gasteiger partial charge in [0.05, 0.1) is 10.6 Å². The molecule has 108 valence electrons. The van der Waals surface area contributed by atoms with Crippen molar-refractivity contribution in [3.63, 3.8) is 0 Å². The van der Waals surface area contributed by atoms with E-state index in [1.165, 1.54) is 6.07 Å². The summed E-state index contributed by atoms with van der Waals surface area (Å²) in [5.41, 5.74) is -0.0133. The Morgan fingerprint density at radius 3 is 2.76 bits per heavy atom. The van der Waals surface area contributed by atoms with Gasteiger partial charge in [0, 0.05) is 17.8 Å². The lowest BCUT2D eigenvalue weighted by Crippen LogP contribution is -2.13. The molecule has 0 spiro atoms. The van der Waals surface area contributed by atoms with E-state index in [0.29, 0.717) is 5.56 Å². The van der Waals surface area contributed by atoms with Gasteiger partial charge in [-0.2, -0.15) is 0 Å². The van der Waals surface area contributed by atoms with Gasteiger partial charge in [-0.05, 0) is 25.2 Å². The van der Waals surface area contributed by atoms with Crippen molar-refractivity contribution >= 4 is 29.8 Å². The van der Waals surface area contributed by atoms with Gasteiger partial charge in [0.2, 0.25) is 5.88 Å². The summed E-state index contributed by atoms with van der Waals surface area (Å²) in [6.07, 6.45) is 1.10. The molecule has 0 unspecified atom stereocenters. The number of hydrogen-bond acceptors (Lipinski definition) is 6. The SMILES string of the molecule is Cc1ccc(N=Cc2c(O)[nH]c(=S)[nH]c2=O)cc1[N+](=O)[O-]. The molecule has 8 nitrogen and oxygen atoms in total. The first kappa shape index (κ1) is 14.6. The van der Waals surface area contributed by atoms with Crippen molar-refractivity contribution in [1.82, 2.24) is 9.97 Å². The van der Waals surface area contributed by atoms with Crippen LogP contribution in [-0.4, -0.2) is 26.2 Å². The normalized spacial score (nSPS) is 10.9. The van der Waals surface area contributed by atoms with Crippen LogP contribution in [0.1, 0.15) is 11.1 Å². The lowest BCUT2D eigenvalue weighted by atomic mass is 10.2. The second-order valence-corrected chi connectivity index (χ2v) is 4.56. The maximum Gasteiger partial charge on any atom is 0.274 e. The van der Waals surface area contributed by atoms with Gasteiger partial charge in [-0.3, -0.25) is 24.9 Å². The molecule has 9 heteroatoms. The number of aromatic nitrogens is 2. The third-order valence-electron chi connectivity index (χ3n) is 2.69. The molecule has 0 aliphatic carbocycles. The molecule has 1 aromatic heterocycles. The van der Waals surface area contributed by atoms with Crippen molar-refractivity contribution in [2.75, 3.05) is 0 Å². The highest BCUT2D eigenvalue weighted by Gasteiger charge is 2.10. The highest BCUT2D eigenvalue weighted by atomic mass is 32.1. The van der Waals surface area contributed by atoms with Crippen LogP contribution in [0.4, 0.5) is 11.4 Å². The summed E-state index contributed by atoms with van der Waals surface area (Å²) in [6.45, 7) is 1.61. The van der Waals surface area contributed by atoms with Crippen molar-refractivity contribution in [2.24, 2.45) is 4.99 Å². The fourth-order valence-electron chi connectivity index (χ4n) is 1.62. The summed E-state index contributed by atoms with van der Waals surface area (Å²) in [6, 6.07) is 4.39. The fourth-order valence-corrected chi connectivity index (χ4v) is 1.81. The van der Waals surface area contributed by atoms with E-state index in [-0.39, 0.29) is 21.7 Å². The van der Waals surface area contributed by atoms with Crippen LogP contribution in [0.3, 0.4) is 0 Å². The van der Waals surface area contributed by atoms with Crippen LogP contribution in [0.5, 0.6) is 5.88 Å². The number of rotatable bonds is 3. The third kappa shape index (κ3) is 3.20. The molecule has 0 atom stereocenters. The topological polar surface area (TPSA) is 124 Å². The van der Waals surface area contributed by atoms with E-state index in [1.807, 2.05) is 0 Å². The smallest absolute Gasteiger partial charge is 0.274 e. The molecule has 3 N–H and O–H groups in total. The first-order valence-electron chi connectivity index (χ1n) is 5.73. The van der Waals surface area contributed by atoms with Crippen molar-refractivity contribution < 1.29 is 10.0 Å². The van der Waals surface area contributed by atoms with Gasteiger partial charge in [0.15, 0.2) is 4.77 Å². The van der Waals surface area contributed by atoms with Crippen LogP contribution >= 0.6 is 12.2 Å². The first-order valence-corrected chi connectivity index (χ1v) is 6.14. The number of nitrogens with one attached hydrogen (secondary N) is 2. The van der Waals surface area contributed by atoms with E-state index in [2.05, 4.69) is 15.0 Å². The summed E-state index contributed by atoms with van der Waals surface area (Å²) in [5, 5.41) is 20.4. The van der Waals surface area contributed by atoms with Crippen LogP contribution in [0, 0.1) is 21.8 Å². The van der Waals surface area contributed by atoms with Crippen molar-refractivity contribution in [2.45, 2.75) is 6.92 Å². The zero-order valence-corrected chi connectivity index (χ0v) is 11.6. The number of aliphatic imine (C=N–C) groups is 1. The highest BCUT2D eigenvalue weighted by Crippen LogP contribution is 2.24.